The van der Waals surface area contributed by atoms with E-state index in [4.69, 9.17) is 11.6 Å². The molecule has 0 radical (unpaired) electrons. The van der Waals surface area contributed by atoms with Gasteiger partial charge in [-0.15, -0.1) is 0 Å². The van der Waals surface area contributed by atoms with E-state index in [1.165, 1.54) is 18.5 Å². The molecular weight excluding hydrogens is 210 g/mol. The van der Waals surface area contributed by atoms with E-state index in [-0.39, 0.29) is 5.24 Å². The second-order valence-corrected chi connectivity index (χ2v) is 4.31. The van der Waals surface area contributed by atoms with Crippen LogP contribution in [0.15, 0.2) is 24.3 Å². The van der Waals surface area contributed by atoms with E-state index in [1.807, 2.05) is 12.1 Å². The molecular formula is C12H14ClNO. The number of rotatable bonds is 3. The Morgan fingerprint density at radius 1 is 1.20 bits per heavy atom. The molecule has 0 bridgehead atoms. The Morgan fingerprint density at radius 2 is 1.80 bits per heavy atom. The fourth-order valence-corrected chi connectivity index (χ4v) is 2.11. The van der Waals surface area contributed by atoms with Crippen LogP contribution in [0.3, 0.4) is 0 Å². The third-order valence-electron chi connectivity index (χ3n) is 2.75. The van der Waals surface area contributed by atoms with Gasteiger partial charge in [-0.1, -0.05) is 12.1 Å². The van der Waals surface area contributed by atoms with Crippen LogP contribution in [0.2, 0.25) is 0 Å². The number of anilines is 1. The topological polar surface area (TPSA) is 20.3 Å². The molecule has 0 atom stereocenters. The fourth-order valence-electron chi connectivity index (χ4n) is 1.96. The quantitative estimate of drug-likeness (QED) is 0.735. The van der Waals surface area contributed by atoms with E-state index in [9.17, 15) is 4.79 Å². The minimum atomic E-state index is -0.302. The second-order valence-electron chi connectivity index (χ2n) is 3.89. The van der Waals surface area contributed by atoms with Crippen LogP contribution in [0.1, 0.15) is 18.4 Å². The van der Waals surface area contributed by atoms with E-state index < -0.39 is 0 Å². The lowest BCUT2D eigenvalue weighted by Gasteiger charge is -2.17. The van der Waals surface area contributed by atoms with Gasteiger partial charge in [0.15, 0.2) is 0 Å². The molecule has 0 amide bonds. The highest BCUT2D eigenvalue weighted by atomic mass is 35.5. The van der Waals surface area contributed by atoms with Gasteiger partial charge in [0, 0.05) is 25.2 Å². The molecule has 80 valence electrons. The number of nitrogens with zero attached hydrogens (tertiary/aromatic N) is 1. The lowest BCUT2D eigenvalue weighted by atomic mass is 10.1. The van der Waals surface area contributed by atoms with Crippen molar-refractivity contribution in [3.8, 4) is 0 Å². The predicted molar refractivity (Wildman–Crippen MR) is 62.5 cm³/mol. The van der Waals surface area contributed by atoms with Gasteiger partial charge in [0.25, 0.3) is 0 Å². The van der Waals surface area contributed by atoms with E-state index in [1.54, 1.807) is 0 Å². The Bertz CT molecular complexity index is 341. The molecule has 2 rings (SSSR count). The Balaban J connectivity index is 2.06. The lowest BCUT2D eigenvalue weighted by Crippen LogP contribution is -2.17. The summed E-state index contributed by atoms with van der Waals surface area (Å²) in [6.07, 6.45) is 2.88. The first-order valence-corrected chi connectivity index (χ1v) is 5.66. The van der Waals surface area contributed by atoms with Crippen molar-refractivity contribution in [1.82, 2.24) is 0 Å². The van der Waals surface area contributed by atoms with Gasteiger partial charge >= 0.3 is 0 Å². The summed E-state index contributed by atoms with van der Waals surface area (Å²) in [4.78, 5) is 13.1. The van der Waals surface area contributed by atoms with Gasteiger partial charge in [0.2, 0.25) is 5.24 Å². The summed E-state index contributed by atoms with van der Waals surface area (Å²) in [5.74, 6) is 0. The van der Waals surface area contributed by atoms with E-state index in [0.717, 1.165) is 18.7 Å². The van der Waals surface area contributed by atoms with Gasteiger partial charge in [0.05, 0.1) is 0 Å². The molecule has 1 heterocycles. The van der Waals surface area contributed by atoms with Gasteiger partial charge in [-0.3, -0.25) is 4.79 Å². The summed E-state index contributed by atoms with van der Waals surface area (Å²) >= 11 is 5.33. The predicted octanol–water partition coefficient (Wildman–Crippen LogP) is 2.59. The average molecular weight is 224 g/mol. The standard InChI is InChI=1S/C12H14ClNO/c13-12(15)9-10-3-5-11(6-4-10)14-7-1-2-8-14/h3-6H,1-2,7-9H2. The molecule has 2 nitrogen and oxygen atoms in total. The van der Waals surface area contributed by atoms with E-state index in [2.05, 4.69) is 17.0 Å². The molecule has 3 heteroatoms. The zero-order valence-corrected chi connectivity index (χ0v) is 9.33. The summed E-state index contributed by atoms with van der Waals surface area (Å²) in [6, 6.07) is 8.10. The molecule has 0 aliphatic carbocycles. The van der Waals surface area contributed by atoms with Crippen LogP contribution in [0.5, 0.6) is 0 Å². The number of carbonyl (C=O) groups excluding carboxylic acids is 1. The SMILES string of the molecule is O=C(Cl)Cc1ccc(N2CCCC2)cc1. The fraction of sp³-hybridized carbons (Fsp3) is 0.417. The van der Waals surface area contributed by atoms with Crippen molar-refractivity contribution < 1.29 is 4.79 Å². The second kappa shape index (κ2) is 4.67. The molecule has 1 aromatic carbocycles. The summed E-state index contributed by atoms with van der Waals surface area (Å²) in [6.45, 7) is 2.29. The minimum Gasteiger partial charge on any atom is -0.372 e. The van der Waals surface area contributed by atoms with Crippen LogP contribution >= 0.6 is 11.6 Å². The Labute approximate surface area is 94.8 Å². The zero-order valence-electron chi connectivity index (χ0n) is 8.58. The number of hydrogen-bond donors (Lipinski definition) is 0. The normalized spacial score (nSPS) is 15.7. The van der Waals surface area contributed by atoms with Gasteiger partial charge in [-0.25, -0.2) is 0 Å². The van der Waals surface area contributed by atoms with Crippen molar-refractivity contribution in [3.05, 3.63) is 29.8 Å². The minimum absolute atomic E-state index is 0.302. The smallest absolute Gasteiger partial charge is 0.226 e. The Hall–Kier alpha value is -1.02. The molecule has 1 saturated heterocycles. The maximum atomic E-state index is 10.7. The molecule has 0 unspecified atom stereocenters. The highest BCUT2D eigenvalue weighted by molar-refractivity contribution is 6.63. The lowest BCUT2D eigenvalue weighted by molar-refractivity contribution is -0.111. The summed E-state index contributed by atoms with van der Waals surface area (Å²) < 4.78 is 0. The molecule has 0 N–H and O–H groups in total. The van der Waals surface area contributed by atoms with Crippen molar-refractivity contribution in [2.24, 2.45) is 0 Å². The first-order chi connectivity index (χ1) is 7.25. The van der Waals surface area contributed by atoms with E-state index >= 15 is 0 Å². The third kappa shape index (κ3) is 2.72. The molecule has 1 fully saturated rings. The number of hydrogen-bond acceptors (Lipinski definition) is 2. The van der Waals surface area contributed by atoms with Crippen LogP contribution in [0.25, 0.3) is 0 Å². The maximum Gasteiger partial charge on any atom is 0.226 e. The molecule has 1 aliphatic rings. The monoisotopic (exact) mass is 223 g/mol. The molecule has 0 spiro atoms. The van der Waals surface area contributed by atoms with Gasteiger partial charge in [-0.05, 0) is 42.1 Å². The average Bonchev–Trinajstić information content (AvgIpc) is 2.71. The number of halogens is 1. The zero-order chi connectivity index (χ0) is 10.7. The highest BCUT2D eigenvalue weighted by Gasteiger charge is 2.11. The van der Waals surface area contributed by atoms with Crippen LogP contribution in [-0.4, -0.2) is 18.3 Å². The van der Waals surface area contributed by atoms with Gasteiger partial charge in [-0.2, -0.15) is 0 Å². The van der Waals surface area contributed by atoms with Crippen LogP contribution in [0, 0.1) is 0 Å². The van der Waals surface area contributed by atoms with Gasteiger partial charge < -0.3 is 4.90 Å². The summed E-state index contributed by atoms with van der Waals surface area (Å²) in [5.41, 5.74) is 2.23. The maximum absolute atomic E-state index is 10.7. The summed E-state index contributed by atoms with van der Waals surface area (Å²) in [7, 11) is 0. The van der Waals surface area contributed by atoms with Crippen LogP contribution in [0.4, 0.5) is 5.69 Å². The molecule has 1 aliphatic heterocycles. The van der Waals surface area contributed by atoms with Crippen LogP contribution < -0.4 is 4.90 Å². The Morgan fingerprint density at radius 3 is 2.33 bits per heavy atom. The van der Waals surface area contributed by atoms with Crippen molar-refractivity contribution in [1.29, 1.82) is 0 Å². The molecule has 1 aromatic rings. The number of carbonyl (C=O) groups is 1. The Kier molecular flexibility index (Phi) is 3.27. The van der Waals surface area contributed by atoms with Crippen molar-refractivity contribution in [2.75, 3.05) is 18.0 Å². The van der Waals surface area contributed by atoms with Gasteiger partial charge in [0.1, 0.15) is 0 Å². The van der Waals surface area contributed by atoms with E-state index in [0.29, 0.717) is 6.42 Å². The first kappa shape index (κ1) is 10.5. The first-order valence-electron chi connectivity index (χ1n) is 5.28. The largest absolute Gasteiger partial charge is 0.372 e. The van der Waals surface area contributed by atoms with Crippen LogP contribution in [-0.2, 0) is 11.2 Å². The highest BCUT2D eigenvalue weighted by Crippen LogP contribution is 2.20. The van der Waals surface area contributed by atoms with Crippen molar-refractivity contribution in [3.63, 3.8) is 0 Å². The third-order valence-corrected chi connectivity index (χ3v) is 2.88. The van der Waals surface area contributed by atoms with Crippen molar-refractivity contribution in [2.45, 2.75) is 19.3 Å². The number of benzene rings is 1. The van der Waals surface area contributed by atoms with Crippen molar-refractivity contribution >= 4 is 22.5 Å². The molecule has 15 heavy (non-hydrogen) atoms. The molecule has 0 aromatic heterocycles. The summed E-state index contributed by atoms with van der Waals surface area (Å²) in [5, 5.41) is -0.302. The molecule has 0 saturated carbocycles.